The lowest BCUT2D eigenvalue weighted by Gasteiger charge is -2.22. The van der Waals surface area contributed by atoms with Gasteiger partial charge in [0.05, 0.1) is 5.38 Å². The molecule has 0 radical (unpaired) electrons. The van der Waals surface area contributed by atoms with Crippen molar-refractivity contribution in [3.63, 3.8) is 0 Å². The number of rotatable bonds is 3. The van der Waals surface area contributed by atoms with Gasteiger partial charge in [0.2, 0.25) is 0 Å². The normalized spacial score (nSPS) is 19.9. The predicted octanol–water partition coefficient (Wildman–Crippen LogP) is 3.98. The van der Waals surface area contributed by atoms with E-state index in [1.165, 1.54) is 37.8 Å². The molecule has 0 aromatic heterocycles. The molecular formula is C14H19ClFN. The van der Waals surface area contributed by atoms with Gasteiger partial charge < -0.3 is 4.90 Å². The maximum atomic E-state index is 12.8. The molecular weight excluding hydrogens is 237 g/mol. The molecule has 0 spiro atoms. The average Bonchev–Trinajstić information content (AvgIpc) is 2.58. The van der Waals surface area contributed by atoms with Gasteiger partial charge in [0.1, 0.15) is 5.82 Å². The van der Waals surface area contributed by atoms with E-state index in [0.717, 1.165) is 25.2 Å². The third-order valence-corrected chi connectivity index (χ3v) is 3.74. The van der Waals surface area contributed by atoms with Crippen LogP contribution in [0.2, 0.25) is 0 Å². The number of halogens is 2. The first-order valence-corrected chi connectivity index (χ1v) is 6.81. The van der Waals surface area contributed by atoms with Gasteiger partial charge in [-0.1, -0.05) is 25.0 Å². The molecule has 1 nitrogen and oxygen atoms in total. The van der Waals surface area contributed by atoms with Crippen molar-refractivity contribution in [2.45, 2.75) is 31.1 Å². The summed E-state index contributed by atoms with van der Waals surface area (Å²) < 4.78 is 12.8. The minimum Gasteiger partial charge on any atom is -0.302 e. The monoisotopic (exact) mass is 255 g/mol. The van der Waals surface area contributed by atoms with Gasteiger partial charge in [0, 0.05) is 6.54 Å². The molecule has 1 aliphatic rings. The second kappa shape index (κ2) is 6.36. The Labute approximate surface area is 108 Å². The molecule has 0 N–H and O–H groups in total. The number of nitrogens with zero attached hydrogens (tertiary/aromatic N) is 1. The summed E-state index contributed by atoms with van der Waals surface area (Å²) in [5, 5.41) is -0.0336. The standard InChI is InChI=1S/C14H19ClFN/c15-14(12-5-7-13(16)8-6-12)11-17-9-3-1-2-4-10-17/h5-8,14H,1-4,9-11H2. The molecule has 0 saturated carbocycles. The summed E-state index contributed by atoms with van der Waals surface area (Å²) in [4.78, 5) is 2.42. The van der Waals surface area contributed by atoms with E-state index in [1.54, 1.807) is 12.1 Å². The molecule has 1 fully saturated rings. The largest absolute Gasteiger partial charge is 0.302 e. The fourth-order valence-electron chi connectivity index (χ4n) is 2.32. The Hall–Kier alpha value is -0.600. The second-order valence-corrected chi connectivity index (χ2v) is 5.26. The molecule has 1 saturated heterocycles. The molecule has 1 aliphatic heterocycles. The lowest BCUT2D eigenvalue weighted by Crippen LogP contribution is -2.28. The van der Waals surface area contributed by atoms with E-state index < -0.39 is 0 Å². The molecule has 17 heavy (non-hydrogen) atoms. The Balaban J connectivity index is 1.91. The Morgan fingerprint density at radius 1 is 1.06 bits per heavy atom. The Morgan fingerprint density at radius 2 is 1.65 bits per heavy atom. The minimum absolute atomic E-state index is 0.0336. The van der Waals surface area contributed by atoms with E-state index in [4.69, 9.17) is 11.6 Å². The SMILES string of the molecule is Fc1ccc(C(Cl)CN2CCCCCC2)cc1. The predicted molar refractivity (Wildman–Crippen MR) is 69.9 cm³/mol. The molecule has 0 amide bonds. The van der Waals surface area contributed by atoms with Crippen LogP contribution in [0.1, 0.15) is 36.6 Å². The lowest BCUT2D eigenvalue weighted by atomic mass is 10.1. The van der Waals surface area contributed by atoms with E-state index in [-0.39, 0.29) is 11.2 Å². The molecule has 0 bridgehead atoms. The molecule has 0 aliphatic carbocycles. The zero-order chi connectivity index (χ0) is 12.1. The summed E-state index contributed by atoms with van der Waals surface area (Å²) in [6, 6.07) is 6.52. The highest BCUT2D eigenvalue weighted by Crippen LogP contribution is 2.23. The maximum absolute atomic E-state index is 12.8. The highest BCUT2D eigenvalue weighted by molar-refractivity contribution is 6.21. The number of hydrogen-bond acceptors (Lipinski definition) is 1. The Bertz CT molecular complexity index is 331. The molecule has 1 aromatic rings. The van der Waals surface area contributed by atoms with Crippen LogP contribution in [-0.4, -0.2) is 24.5 Å². The van der Waals surface area contributed by atoms with Crippen LogP contribution >= 0.6 is 11.6 Å². The summed E-state index contributed by atoms with van der Waals surface area (Å²) >= 11 is 6.38. The highest BCUT2D eigenvalue weighted by atomic mass is 35.5. The van der Waals surface area contributed by atoms with Crippen LogP contribution in [0.4, 0.5) is 4.39 Å². The van der Waals surface area contributed by atoms with E-state index >= 15 is 0 Å². The van der Waals surface area contributed by atoms with Gasteiger partial charge in [-0.3, -0.25) is 0 Å². The molecule has 2 rings (SSSR count). The van der Waals surface area contributed by atoms with Crippen molar-refractivity contribution in [2.24, 2.45) is 0 Å². The smallest absolute Gasteiger partial charge is 0.123 e. The quantitative estimate of drug-likeness (QED) is 0.739. The van der Waals surface area contributed by atoms with Crippen molar-refractivity contribution in [3.05, 3.63) is 35.6 Å². The van der Waals surface area contributed by atoms with E-state index in [0.29, 0.717) is 0 Å². The van der Waals surface area contributed by atoms with Gasteiger partial charge in [0.15, 0.2) is 0 Å². The van der Waals surface area contributed by atoms with Crippen LogP contribution in [0.5, 0.6) is 0 Å². The van der Waals surface area contributed by atoms with E-state index in [9.17, 15) is 4.39 Å². The zero-order valence-corrected chi connectivity index (χ0v) is 10.8. The zero-order valence-electron chi connectivity index (χ0n) is 10.0. The van der Waals surface area contributed by atoms with Crippen LogP contribution in [0.25, 0.3) is 0 Å². The van der Waals surface area contributed by atoms with E-state index in [1.807, 2.05) is 0 Å². The van der Waals surface area contributed by atoms with Crippen molar-refractivity contribution in [1.29, 1.82) is 0 Å². The lowest BCUT2D eigenvalue weighted by molar-refractivity contribution is 0.285. The van der Waals surface area contributed by atoms with Crippen molar-refractivity contribution in [3.8, 4) is 0 Å². The van der Waals surface area contributed by atoms with Crippen LogP contribution in [-0.2, 0) is 0 Å². The summed E-state index contributed by atoms with van der Waals surface area (Å²) in [6.07, 6.45) is 5.21. The fourth-order valence-corrected chi connectivity index (χ4v) is 2.66. The van der Waals surface area contributed by atoms with Gasteiger partial charge in [0.25, 0.3) is 0 Å². The van der Waals surface area contributed by atoms with E-state index in [2.05, 4.69) is 4.90 Å². The number of alkyl halides is 1. The van der Waals surface area contributed by atoms with Crippen LogP contribution in [0, 0.1) is 5.82 Å². The first-order valence-electron chi connectivity index (χ1n) is 6.37. The highest BCUT2D eigenvalue weighted by Gasteiger charge is 2.15. The van der Waals surface area contributed by atoms with Crippen molar-refractivity contribution < 1.29 is 4.39 Å². The van der Waals surface area contributed by atoms with Gasteiger partial charge in [-0.05, 0) is 43.6 Å². The average molecular weight is 256 g/mol. The number of likely N-dealkylation sites (tertiary alicyclic amines) is 1. The van der Waals surface area contributed by atoms with Crippen molar-refractivity contribution in [1.82, 2.24) is 4.90 Å². The molecule has 94 valence electrons. The fraction of sp³-hybridized carbons (Fsp3) is 0.571. The van der Waals surface area contributed by atoms with Crippen molar-refractivity contribution in [2.75, 3.05) is 19.6 Å². The maximum Gasteiger partial charge on any atom is 0.123 e. The van der Waals surface area contributed by atoms with Crippen LogP contribution in [0.3, 0.4) is 0 Å². The van der Waals surface area contributed by atoms with Gasteiger partial charge in [-0.25, -0.2) is 4.39 Å². The minimum atomic E-state index is -0.201. The third-order valence-electron chi connectivity index (χ3n) is 3.35. The van der Waals surface area contributed by atoms with Gasteiger partial charge >= 0.3 is 0 Å². The summed E-state index contributed by atoms with van der Waals surface area (Å²) in [5.41, 5.74) is 1.01. The molecule has 1 atom stereocenters. The Morgan fingerprint density at radius 3 is 2.24 bits per heavy atom. The number of hydrogen-bond donors (Lipinski definition) is 0. The van der Waals surface area contributed by atoms with Crippen molar-refractivity contribution >= 4 is 11.6 Å². The number of benzene rings is 1. The molecule has 1 heterocycles. The summed E-state index contributed by atoms with van der Waals surface area (Å²) in [6.45, 7) is 3.15. The topological polar surface area (TPSA) is 3.24 Å². The van der Waals surface area contributed by atoms with Gasteiger partial charge in [-0.15, -0.1) is 11.6 Å². The third kappa shape index (κ3) is 3.97. The molecule has 3 heteroatoms. The molecule has 1 aromatic carbocycles. The van der Waals surface area contributed by atoms with Crippen LogP contribution in [0.15, 0.2) is 24.3 Å². The Kier molecular flexibility index (Phi) is 4.81. The first-order chi connectivity index (χ1) is 8.25. The second-order valence-electron chi connectivity index (χ2n) is 4.73. The van der Waals surface area contributed by atoms with Gasteiger partial charge in [-0.2, -0.15) is 0 Å². The first kappa shape index (κ1) is 12.8. The van der Waals surface area contributed by atoms with Crippen LogP contribution < -0.4 is 0 Å². The molecule has 1 unspecified atom stereocenters. The summed E-state index contributed by atoms with van der Waals surface area (Å²) in [5.74, 6) is -0.201. The summed E-state index contributed by atoms with van der Waals surface area (Å²) in [7, 11) is 0.